The van der Waals surface area contributed by atoms with E-state index < -0.39 is 10.0 Å². The Morgan fingerprint density at radius 2 is 2.05 bits per heavy atom. The second-order valence-electron chi connectivity index (χ2n) is 5.51. The Bertz CT molecular complexity index is 640. The van der Waals surface area contributed by atoms with Crippen LogP contribution in [0.2, 0.25) is 0 Å². The van der Waals surface area contributed by atoms with E-state index >= 15 is 0 Å². The predicted octanol–water partition coefficient (Wildman–Crippen LogP) is 1.40. The molecule has 2 fully saturated rings. The molecule has 0 saturated carbocycles. The van der Waals surface area contributed by atoms with Gasteiger partial charge in [0.1, 0.15) is 5.60 Å². The normalized spacial score (nSPS) is 36.8. The van der Waals surface area contributed by atoms with E-state index in [4.69, 9.17) is 4.74 Å². The maximum absolute atomic E-state index is 12.6. The van der Waals surface area contributed by atoms with Gasteiger partial charge in [-0.2, -0.15) is 4.31 Å². The molecule has 100 valence electrons. The van der Waals surface area contributed by atoms with Crippen molar-refractivity contribution in [1.29, 1.82) is 0 Å². The minimum atomic E-state index is -3.39. The number of ether oxygens (including phenoxy) is 1. The lowest BCUT2D eigenvalue weighted by Gasteiger charge is -2.22. The van der Waals surface area contributed by atoms with Gasteiger partial charge in [-0.05, 0) is 18.6 Å². The van der Waals surface area contributed by atoms with Gasteiger partial charge in [0.15, 0.2) is 0 Å². The number of rotatable bonds is 2. The van der Waals surface area contributed by atoms with Gasteiger partial charge in [-0.15, -0.1) is 0 Å². The summed E-state index contributed by atoms with van der Waals surface area (Å²) < 4.78 is 32.7. The molecular weight excluding hydrogens is 262 g/mol. The first-order valence-electron chi connectivity index (χ1n) is 6.53. The molecule has 0 N–H and O–H groups in total. The Balaban J connectivity index is 1.67. The molecule has 4 nitrogen and oxygen atoms in total. The van der Waals surface area contributed by atoms with E-state index in [0.29, 0.717) is 23.9 Å². The fourth-order valence-electron chi connectivity index (χ4n) is 3.43. The van der Waals surface area contributed by atoms with Crippen molar-refractivity contribution in [2.24, 2.45) is 5.92 Å². The van der Waals surface area contributed by atoms with Crippen molar-refractivity contribution in [3.8, 4) is 0 Å². The smallest absolute Gasteiger partial charge is 0.243 e. The van der Waals surface area contributed by atoms with Crippen molar-refractivity contribution in [2.45, 2.75) is 23.0 Å². The molecule has 0 unspecified atom stereocenters. The van der Waals surface area contributed by atoms with Crippen LogP contribution in [0.25, 0.3) is 0 Å². The van der Waals surface area contributed by atoms with Gasteiger partial charge in [-0.25, -0.2) is 8.42 Å². The number of nitrogens with zero attached hydrogens (tertiary/aromatic N) is 1. The van der Waals surface area contributed by atoms with Crippen LogP contribution < -0.4 is 0 Å². The van der Waals surface area contributed by atoms with Crippen molar-refractivity contribution >= 4 is 10.0 Å². The van der Waals surface area contributed by atoms with Gasteiger partial charge < -0.3 is 4.74 Å². The molecule has 0 aromatic heterocycles. The van der Waals surface area contributed by atoms with E-state index in [-0.39, 0.29) is 11.7 Å². The van der Waals surface area contributed by atoms with Crippen molar-refractivity contribution in [1.82, 2.24) is 4.31 Å². The van der Waals surface area contributed by atoms with Crippen molar-refractivity contribution in [3.05, 3.63) is 42.5 Å². The number of sulfonamides is 1. The van der Waals surface area contributed by atoms with Gasteiger partial charge in [0.25, 0.3) is 0 Å². The van der Waals surface area contributed by atoms with E-state index in [2.05, 4.69) is 12.2 Å². The second-order valence-corrected chi connectivity index (χ2v) is 7.45. The van der Waals surface area contributed by atoms with Crippen LogP contribution in [0.15, 0.2) is 47.4 Å². The third-order valence-electron chi connectivity index (χ3n) is 4.40. The van der Waals surface area contributed by atoms with Crippen LogP contribution in [0.4, 0.5) is 0 Å². The summed E-state index contributed by atoms with van der Waals surface area (Å²) in [7, 11) is -3.39. The molecule has 3 atom stereocenters. The Morgan fingerprint density at radius 3 is 2.74 bits per heavy atom. The lowest BCUT2D eigenvalue weighted by atomic mass is 9.86. The van der Waals surface area contributed by atoms with Gasteiger partial charge in [0, 0.05) is 19.0 Å². The molecule has 3 aliphatic heterocycles. The van der Waals surface area contributed by atoms with E-state index in [0.717, 1.165) is 6.42 Å². The zero-order valence-corrected chi connectivity index (χ0v) is 11.2. The van der Waals surface area contributed by atoms with E-state index in [1.165, 1.54) is 0 Å². The fourth-order valence-corrected chi connectivity index (χ4v) is 4.98. The van der Waals surface area contributed by atoms with E-state index in [1.54, 1.807) is 28.6 Å². The third-order valence-corrected chi connectivity index (χ3v) is 6.23. The average Bonchev–Trinajstić information content (AvgIpc) is 3.06. The summed E-state index contributed by atoms with van der Waals surface area (Å²) in [5, 5.41) is 0. The van der Waals surface area contributed by atoms with Gasteiger partial charge in [-0.1, -0.05) is 30.4 Å². The van der Waals surface area contributed by atoms with Crippen LogP contribution in [0, 0.1) is 5.92 Å². The standard InChI is InChI=1S/C14H15NO3S/c16-19(17,13-4-2-1-3-5-13)15-9-11-8-12-6-7-14(11,10-15)18-12/h1-7,11-12H,8-10H2/t11-,12+,14+/m0/s1. The summed E-state index contributed by atoms with van der Waals surface area (Å²) in [5.41, 5.74) is -0.355. The van der Waals surface area contributed by atoms with Crippen LogP contribution in [0.1, 0.15) is 6.42 Å². The minimum Gasteiger partial charge on any atom is -0.362 e. The molecular formula is C14H15NO3S. The van der Waals surface area contributed by atoms with Crippen LogP contribution >= 0.6 is 0 Å². The molecule has 4 rings (SSSR count). The average molecular weight is 277 g/mol. The molecule has 1 spiro atoms. The summed E-state index contributed by atoms with van der Waals surface area (Å²) in [6.45, 7) is 1.01. The van der Waals surface area contributed by atoms with Crippen molar-refractivity contribution in [2.75, 3.05) is 13.1 Å². The maximum Gasteiger partial charge on any atom is 0.243 e. The lowest BCUT2D eigenvalue weighted by Crippen LogP contribution is -2.35. The van der Waals surface area contributed by atoms with Gasteiger partial charge in [0.05, 0.1) is 11.0 Å². The van der Waals surface area contributed by atoms with Crippen LogP contribution in [-0.4, -0.2) is 37.5 Å². The summed E-state index contributed by atoms with van der Waals surface area (Å²) in [5.74, 6) is 0.306. The molecule has 0 radical (unpaired) electrons. The maximum atomic E-state index is 12.6. The Labute approximate surface area is 112 Å². The van der Waals surface area contributed by atoms with Crippen molar-refractivity contribution in [3.63, 3.8) is 0 Å². The first-order valence-corrected chi connectivity index (χ1v) is 7.97. The number of benzene rings is 1. The predicted molar refractivity (Wildman–Crippen MR) is 70.1 cm³/mol. The quantitative estimate of drug-likeness (QED) is 0.768. The first-order chi connectivity index (χ1) is 9.10. The van der Waals surface area contributed by atoms with Gasteiger partial charge in [-0.3, -0.25) is 0 Å². The Morgan fingerprint density at radius 1 is 1.26 bits per heavy atom. The molecule has 1 aromatic rings. The largest absolute Gasteiger partial charge is 0.362 e. The molecule has 0 amide bonds. The molecule has 19 heavy (non-hydrogen) atoms. The summed E-state index contributed by atoms with van der Waals surface area (Å²) >= 11 is 0. The summed E-state index contributed by atoms with van der Waals surface area (Å²) in [6, 6.07) is 8.63. The highest BCUT2D eigenvalue weighted by molar-refractivity contribution is 7.89. The highest BCUT2D eigenvalue weighted by atomic mass is 32.2. The molecule has 5 heteroatoms. The zero-order valence-electron chi connectivity index (χ0n) is 10.4. The highest BCUT2D eigenvalue weighted by Crippen LogP contribution is 2.48. The van der Waals surface area contributed by atoms with Crippen molar-refractivity contribution < 1.29 is 13.2 Å². The topological polar surface area (TPSA) is 46.6 Å². The monoisotopic (exact) mass is 277 g/mol. The summed E-state index contributed by atoms with van der Waals surface area (Å²) in [4.78, 5) is 0.366. The second kappa shape index (κ2) is 3.69. The van der Waals surface area contributed by atoms with E-state index in [1.807, 2.05) is 6.07 Å². The Kier molecular flexibility index (Phi) is 2.26. The highest BCUT2D eigenvalue weighted by Gasteiger charge is 2.57. The lowest BCUT2D eigenvalue weighted by molar-refractivity contribution is 0.0291. The minimum absolute atomic E-state index is 0.201. The van der Waals surface area contributed by atoms with Gasteiger partial charge >= 0.3 is 0 Å². The van der Waals surface area contributed by atoms with Crippen LogP contribution in [0.3, 0.4) is 0 Å². The molecule has 2 saturated heterocycles. The molecule has 3 aliphatic rings. The van der Waals surface area contributed by atoms with E-state index in [9.17, 15) is 8.42 Å². The van der Waals surface area contributed by atoms with Crippen LogP contribution in [0.5, 0.6) is 0 Å². The number of hydrogen-bond donors (Lipinski definition) is 0. The first kappa shape index (κ1) is 11.6. The number of hydrogen-bond acceptors (Lipinski definition) is 3. The third kappa shape index (κ3) is 1.55. The van der Waals surface area contributed by atoms with Crippen LogP contribution in [-0.2, 0) is 14.8 Å². The Hall–Kier alpha value is -1.17. The zero-order chi connectivity index (χ0) is 13.1. The number of fused-ring (bicyclic) bond motifs is 1. The SMILES string of the molecule is O=S(=O)(c1ccccc1)N1C[C@@H]2C[C@H]3C=C[C@]2(C1)O3. The molecule has 2 bridgehead atoms. The molecule has 3 heterocycles. The molecule has 0 aliphatic carbocycles. The summed E-state index contributed by atoms with van der Waals surface area (Å²) in [6.07, 6.45) is 5.27. The van der Waals surface area contributed by atoms with Gasteiger partial charge in [0.2, 0.25) is 10.0 Å². The molecule has 1 aromatic carbocycles. The fraction of sp³-hybridized carbons (Fsp3) is 0.429.